The van der Waals surface area contributed by atoms with E-state index in [-0.39, 0.29) is 24.1 Å². The highest BCUT2D eigenvalue weighted by molar-refractivity contribution is 5.72. The largest absolute Gasteiger partial charge is 0.459 e. The fourth-order valence-corrected chi connectivity index (χ4v) is 4.35. The molecule has 0 aromatic carbocycles. The summed E-state index contributed by atoms with van der Waals surface area (Å²) < 4.78 is 20.5. The molecule has 2 heterocycles. The van der Waals surface area contributed by atoms with Gasteiger partial charge in [-0.15, -0.1) is 0 Å². The predicted octanol–water partition coefficient (Wildman–Crippen LogP) is 2.66. The van der Waals surface area contributed by atoms with Gasteiger partial charge in [-0.25, -0.2) is 4.39 Å². The zero-order chi connectivity index (χ0) is 16.8. The Morgan fingerprint density at radius 3 is 2.55 bits per heavy atom. The molecule has 0 spiro atoms. The Labute approximate surface area is 133 Å². The fraction of sp³-hybridized carbons (Fsp3) is 0.941. The Kier molecular flexibility index (Phi) is 4.62. The third-order valence-corrected chi connectivity index (χ3v) is 5.35. The van der Waals surface area contributed by atoms with Crippen LogP contribution in [0, 0.1) is 0 Å². The zero-order valence-corrected chi connectivity index (χ0v) is 14.8. The smallest absolute Gasteiger partial charge is 0.320 e. The summed E-state index contributed by atoms with van der Waals surface area (Å²) in [4.78, 5) is 14.4. The van der Waals surface area contributed by atoms with Crippen LogP contribution in [0.15, 0.2) is 0 Å². The molecule has 4 nitrogen and oxygen atoms in total. The number of fused-ring (bicyclic) bond motifs is 2. The third-order valence-electron chi connectivity index (χ3n) is 5.35. The average molecular weight is 314 g/mol. The lowest BCUT2D eigenvalue weighted by molar-refractivity contribution is -0.175. The number of esters is 1. The van der Waals surface area contributed by atoms with Crippen molar-refractivity contribution in [3.8, 4) is 0 Å². The van der Waals surface area contributed by atoms with E-state index in [1.165, 1.54) is 0 Å². The Hall–Kier alpha value is -0.680. The molecule has 2 aliphatic rings. The van der Waals surface area contributed by atoms with Gasteiger partial charge in [0.25, 0.3) is 0 Å². The summed E-state index contributed by atoms with van der Waals surface area (Å²) in [6, 6.07) is -0.148. The Bertz CT molecular complexity index is 437. The van der Waals surface area contributed by atoms with Crippen LogP contribution in [0.4, 0.5) is 4.39 Å². The standard InChI is InChI=1S/C17H31FN2O2/c1-15(2,3)22-13(21)11-20-16(4)8-7-9-17(20,5)14(18)12(10-16)19-6/h12,14,19H,7-11H2,1-6H3/t12-,14-,16-,17+/m0/s1. The van der Waals surface area contributed by atoms with Crippen LogP contribution in [0.5, 0.6) is 0 Å². The van der Waals surface area contributed by atoms with E-state index >= 15 is 4.39 Å². The molecule has 0 radical (unpaired) electrons. The Morgan fingerprint density at radius 1 is 1.36 bits per heavy atom. The van der Waals surface area contributed by atoms with Crippen LogP contribution in [0.2, 0.25) is 0 Å². The second-order valence-electron chi connectivity index (χ2n) is 8.38. The van der Waals surface area contributed by atoms with E-state index in [0.29, 0.717) is 0 Å². The van der Waals surface area contributed by atoms with Gasteiger partial charge in [-0.1, -0.05) is 0 Å². The van der Waals surface area contributed by atoms with Crippen LogP contribution >= 0.6 is 0 Å². The van der Waals surface area contributed by atoms with Crippen LogP contribution in [0.1, 0.15) is 60.3 Å². The molecule has 0 aliphatic carbocycles. The number of carbonyl (C=O) groups is 1. The number of nitrogens with zero attached hydrogens (tertiary/aromatic N) is 1. The molecule has 2 fully saturated rings. The monoisotopic (exact) mass is 314 g/mol. The maximum Gasteiger partial charge on any atom is 0.320 e. The number of nitrogens with one attached hydrogen (secondary N) is 1. The molecule has 22 heavy (non-hydrogen) atoms. The van der Waals surface area contributed by atoms with Crippen molar-refractivity contribution < 1.29 is 13.9 Å². The molecular formula is C17H31FN2O2. The highest BCUT2D eigenvalue weighted by Crippen LogP contribution is 2.49. The van der Waals surface area contributed by atoms with Gasteiger partial charge in [-0.3, -0.25) is 9.69 Å². The molecule has 0 saturated carbocycles. The van der Waals surface area contributed by atoms with Gasteiger partial charge in [0, 0.05) is 11.6 Å². The lowest BCUT2D eigenvalue weighted by Crippen LogP contribution is -2.74. The quantitative estimate of drug-likeness (QED) is 0.813. The van der Waals surface area contributed by atoms with E-state index in [0.717, 1.165) is 25.7 Å². The van der Waals surface area contributed by atoms with Crippen LogP contribution in [0.3, 0.4) is 0 Å². The van der Waals surface area contributed by atoms with Gasteiger partial charge in [0.05, 0.1) is 12.1 Å². The van der Waals surface area contributed by atoms with Gasteiger partial charge < -0.3 is 10.1 Å². The van der Waals surface area contributed by atoms with Crippen LogP contribution in [-0.2, 0) is 9.53 Å². The molecule has 0 aromatic heterocycles. The van der Waals surface area contributed by atoms with Gasteiger partial charge in [0.1, 0.15) is 11.8 Å². The van der Waals surface area contributed by atoms with Crippen molar-refractivity contribution in [2.24, 2.45) is 0 Å². The Balaban J connectivity index is 2.23. The molecule has 5 heteroatoms. The van der Waals surface area contributed by atoms with E-state index in [2.05, 4.69) is 17.1 Å². The van der Waals surface area contributed by atoms with E-state index in [4.69, 9.17) is 4.74 Å². The lowest BCUT2D eigenvalue weighted by atomic mass is 9.66. The topological polar surface area (TPSA) is 41.6 Å². The number of piperidine rings is 2. The number of ether oxygens (including phenoxy) is 1. The van der Waals surface area contributed by atoms with E-state index in [1.807, 2.05) is 34.7 Å². The van der Waals surface area contributed by atoms with Gasteiger partial charge in [-0.05, 0) is 67.3 Å². The minimum atomic E-state index is -0.978. The van der Waals surface area contributed by atoms with Crippen LogP contribution in [-0.4, -0.2) is 53.4 Å². The van der Waals surface area contributed by atoms with Crippen molar-refractivity contribution in [3.63, 3.8) is 0 Å². The van der Waals surface area contributed by atoms with Crippen molar-refractivity contribution in [1.82, 2.24) is 10.2 Å². The van der Waals surface area contributed by atoms with E-state index in [1.54, 1.807) is 0 Å². The van der Waals surface area contributed by atoms with Gasteiger partial charge in [-0.2, -0.15) is 0 Å². The third kappa shape index (κ3) is 3.16. The fourth-order valence-electron chi connectivity index (χ4n) is 4.35. The van der Waals surface area contributed by atoms with Crippen molar-refractivity contribution in [2.45, 2.75) is 89.2 Å². The molecule has 1 N–H and O–H groups in total. The highest BCUT2D eigenvalue weighted by atomic mass is 19.1. The molecule has 2 aliphatic heterocycles. The molecule has 2 rings (SSSR count). The molecule has 2 bridgehead atoms. The molecule has 0 unspecified atom stereocenters. The molecule has 2 saturated heterocycles. The first kappa shape index (κ1) is 17.7. The van der Waals surface area contributed by atoms with Crippen molar-refractivity contribution in [2.75, 3.05) is 13.6 Å². The van der Waals surface area contributed by atoms with E-state index in [9.17, 15) is 4.79 Å². The molecule has 128 valence electrons. The van der Waals surface area contributed by atoms with Gasteiger partial charge in [0.2, 0.25) is 0 Å². The zero-order valence-electron chi connectivity index (χ0n) is 14.8. The number of rotatable bonds is 3. The summed E-state index contributed by atoms with van der Waals surface area (Å²) in [6.07, 6.45) is 2.53. The van der Waals surface area contributed by atoms with Crippen molar-refractivity contribution in [3.05, 3.63) is 0 Å². The maximum absolute atomic E-state index is 15.1. The minimum Gasteiger partial charge on any atom is -0.459 e. The summed E-state index contributed by atoms with van der Waals surface area (Å²) >= 11 is 0. The second-order valence-corrected chi connectivity index (χ2v) is 8.38. The molecule has 4 atom stereocenters. The summed E-state index contributed by atoms with van der Waals surface area (Å²) in [7, 11) is 1.82. The maximum atomic E-state index is 15.1. The van der Waals surface area contributed by atoms with E-state index < -0.39 is 17.3 Å². The highest BCUT2D eigenvalue weighted by Gasteiger charge is 2.58. The van der Waals surface area contributed by atoms with Gasteiger partial charge in [0.15, 0.2) is 0 Å². The first-order valence-electron chi connectivity index (χ1n) is 8.33. The number of hydrogen-bond acceptors (Lipinski definition) is 4. The first-order chi connectivity index (χ1) is 10.0. The molecule has 0 aromatic rings. The average Bonchev–Trinajstić information content (AvgIpc) is 2.36. The number of alkyl halides is 1. The van der Waals surface area contributed by atoms with Crippen molar-refractivity contribution in [1.29, 1.82) is 0 Å². The van der Waals surface area contributed by atoms with Crippen LogP contribution in [0.25, 0.3) is 0 Å². The SMILES string of the molecule is CN[C@H]1C[C@]2(C)CCC[C@](C)([C@H]1F)N2CC(=O)OC(C)(C)C. The summed E-state index contributed by atoms with van der Waals surface area (Å²) in [5.41, 5.74) is -1.26. The minimum absolute atomic E-state index is 0.148. The Morgan fingerprint density at radius 2 is 2.00 bits per heavy atom. The lowest BCUT2D eigenvalue weighted by Gasteiger charge is -2.62. The molecular weight excluding hydrogens is 283 g/mol. The molecule has 0 amide bonds. The van der Waals surface area contributed by atoms with Crippen molar-refractivity contribution >= 4 is 5.97 Å². The predicted molar refractivity (Wildman–Crippen MR) is 85.6 cm³/mol. The second kappa shape index (κ2) is 5.75. The first-order valence-corrected chi connectivity index (χ1v) is 8.33. The summed E-state index contributed by atoms with van der Waals surface area (Å²) in [5, 5.41) is 3.13. The number of halogens is 1. The normalized spacial score (nSPS) is 39.6. The van der Waals surface area contributed by atoms with Crippen LogP contribution < -0.4 is 5.32 Å². The number of carbonyl (C=O) groups excluding carboxylic acids is 1. The summed E-state index contributed by atoms with van der Waals surface area (Å²) in [5.74, 6) is -0.262. The summed E-state index contributed by atoms with van der Waals surface area (Å²) in [6.45, 7) is 9.87. The number of hydrogen-bond donors (Lipinski definition) is 1. The van der Waals surface area contributed by atoms with Gasteiger partial charge >= 0.3 is 5.97 Å².